The van der Waals surface area contributed by atoms with Crippen LogP contribution in [-0.4, -0.2) is 74.8 Å². The molecule has 1 saturated heterocycles. The highest BCUT2D eigenvalue weighted by Gasteiger charge is 2.32. The highest BCUT2D eigenvalue weighted by atomic mass is 19.1. The lowest BCUT2D eigenvalue weighted by molar-refractivity contribution is 0.0889. The minimum atomic E-state index is -0.788. The number of para-hydroxylation sites is 1. The summed E-state index contributed by atoms with van der Waals surface area (Å²) in [5, 5.41) is 12.3. The van der Waals surface area contributed by atoms with Crippen LogP contribution < -0.4 is 10.1 Å². The molecule has 0 bridgehead atoms. The van der Waals surface area contributed by atoms with Gasteiger partial charge in [0.2, 0.25) is 5.89 Å². The Morgan fingerprint density at radius 1 is 1.17 bits per heavy atom. The lowest BCUT2D eigenvalue weighted by atomic mass is 9.99. The number of oxazole rings is 1. The van der Waals surface area contributed by atoms with Crippen molar-refractivity contribution >= 4 is 16.9 Å². The molecule has 1 aliphatic heterocycles. The van der Waals surface area contributed by atoms with Crippen molar-refractivity contribution in [2.24, 2.45) is 0 Å². The second-order valence-corrected chi connectivity index (χ2v) is 10.2. The van der Waals surface area contributed by atoms with Gasteiger partial charge in [-0.1, -0.05) is 12.1 Å². The van der Waals surface area contributed by atoms with Gasteiger partial charge in [0, 0.05) is 19.1 Å². The molecule has 0 spiro atoms. The van der Waals surface area contributed by atoms with Crippen molar-refractivity contribution in [1.29, 1.82) is 0 Å². The summed E-state index contributed by atoms with van der Waals surface area (Å²) in [6.07, 6.45) is 5.17. The molecule has 216 valence electrons. The number of aromatic nitrogens is 4. The third kappa shape index (κ3) is 5.46. The van der Waals surface area contributed by atoms with E-state index in [1.807, 2.05) is 37.4 Å². The van der Waals surface area contributed by atoms with Crippen LogP contribution in [0.2, 0.25) is 0 Å². The number of aliphatic hydroxyl groups excluding tert-OH is 1. The number of imidazole rings is 1. The molecule has 12 heteroatoms. The number of rotatable bonds is 8. The van der Waals surface area contributed by atoms with Crippen LogP contribution in [0.3, 0.4) is 0 Å². The molecule has 2 atom stereocenters. The van der Waals surface area contributed by atoms with Crippen LogP contribution in [-0.2, 0) is 0 Å². The van der Waals surface area contributed by atoms with Crippen LogP contribution in [0.15, 0.2) is 71.6 Å². The van der Waals surface area contributed by atoms with Gasteiger partial charge in [-0.2, -0.15) is 0 Å². The summed E-state index contributed by atoms with van der Waals surface area (Å²) < 4.78 is 41.6. The average molecular weight is 575 g/mol. The fourth-order valence-corrected chi connectivity index (χ4v) is 5.47. The Bertz CT molecular complexity index is 1720. The maximum atomic E-state index is 14.4. The van der Waals surface area contributed by atoms with E-state index >= 15 is 0 Å². The van der Waals surface area contributed by atoms with Crippen LogP contribution >= 0.6 is 0 Å². The van der Waals surface area contributed by atoms with Gasteiger partial charge in [0.05, 0.1) is 41.7 Å². The molecule has 4 heterocycles. The van der Waals surface area contributed by atoms with Crippen LogP contribution in [0, 0.1) is 11.6 Å². The largest absolute Gasteiger partial charge is 0.490 e. The zero-order valence-electron chi connectivity index (χ0n) is 22.7. The molecule has 3 aromatic heterocycles. The van der Waals surface area contributed by atoms with E-state index in [-0.39, 0.29) is 30.9 Å². The molecule has 2 N–H and O–H groups in total. The van der Waals surface area contributed by atoms with E-state index in [9.17, 15) is 18.7 Å². The Morgan fingerprint density at radius 3 is 2.83 bits per heavy atom. The number of carbonyl (C=O) groups is 1. The molecular weight excluding hydrogens is 546 g/mol. The quantitative estimate of drug-likeness (QED) is 0.285. The summed E-state index contributed by atoms with van der Waals surface area (Å²) >= 11 is 0. The van der Waals surface area contributed by atoms with Crippen molar-refractivity contribution in [3.05, 3.63) is 84.4 Å². The number of carbonyl (C=O) groups excluding carboxylic acids is 1. The molecule has 1 aliphatic rings. The SMILES string of the molecule is CN1C[C@H](NC(=O)c2cc(F)ccc2F)C[C@H](n2c(-c3ccccc3OCCO)nc3cnc(-c4ncco4)cc32)C1. The number of benzene rings is 2. The Balaban J connectivity index is 1.42. The lowest BCUT2D eigenvalue weighted by Gasteiger charge is -2.37. The molecule has 2 aromatic carbocycles. The first-order valence-electron chi connectivity index (χ1n) is 13.5. The Kier molecular flexibility index (Phi) is 7.64. The molecule has 0 unspecified atom stereocenters. The second kappa shape index (κ2) is 11.7. The van der Waals surface area contributed by atoms with Crippen molar-refractivity contribution in [1.82, 2.24) is 29.7 Å². The van der Waals surface area contributed by atoms with E-state index in [2.05, 4.69) is 24.8 Å². The first kappa shape index (κ1) is 27.5. The van der Waals surface area contributed by atoms with E-state index in [4.69, 9.17) is 14.1 Å². The number of aliphatic hydroxyl groups is 1. The summed E-state index contributed by atoms with van der Waals surface area (Å²) in [4.78, 5) is 28.7. The van der Waals surface area contributed by atoms with Crippen molar-refractivity contribution in [3.8, 4) is 28.7 Å². The standard InChI is InChI=1S/C30H28F2N6O4/c1-37-16-19(35-29(40)22-12-18(31)6-7-23(22)32)13-20(17-37)38-26-14-24(30-33-8-10-42-30)34-15-25(26)36-28(38)21-4-2-3-5-27(21)41-11-9-39/h2-8,10,12,14-15,19-20,39H,9,11,13,16-17H2,1H3,(H,35,40)/t19-,20+/m1/s1. The van der Waals surface area contributed by atoms with Crippen LogP contribution in [0.25, 0.3) is 34.0 Å². The minimum Gasteiger partial charge on any atom is -0.490 e. The van der Waals surface area contributed by atoms with Crippen molar-refractivity contribution in [2.75, 3.05) is 33.4 Å². The maximum Gasteiger partial charge on any atom is 0.254 e. The molecule has 0 aliphatic carbocycles. The molecule has 6 rings (SSSR count). The molecule has 5 aromatic rings. The van der Waals surface area contributed by atoms with Gasteiger partial charge >= 0.3 is 0 Å². The molecular formula is C30H28F2N6O4. The third-order valence-corrected chi connectivity index (χ3v) is 7.19. The Hall–Kier alpha value is -4.68. The number of likely N-dealkylation sites (N-methyl/N-ethyl adjacent to an activating group) is 1. The summed E-state index contributed by atoms with van der Waals surface area (Å²) in [6.45, 7) is 1.11. The van der Waals surface area contributed by atoms with Gasteiger partial charge in [0.1, 0.15) is 47.3 Å². The number of pyridine rings is 1. The highest BCUT2D eigenvalue weighted by molar-refractivity contribution is 5.94. The van der Waals surface area contributed by atoms with Gasteiger partial charge in [-0.05, 0) is 49.9 Å². The van der Waals surface area contributed by atoms with E-state index in [1.165, 1.54) is 6.26 Å². The van der Waals surface area contributed by atoms with Gasteiger partial charge in [-0.3, -0.25) is 4.79 Å². The van der Waals surface area contributed by atoms with Gasteiger partial charge in [0.25, 0.3) is 5.91 Å². The minimum absolute atomic E-state index is 0.115. The number of likely N-dealkylation sites (tertiary alicyclic amines) is 1. The lowest BCUT2D eigenvalue weighted by Crippen LogP contribution is -2.50. The van der Waals surface area contributed by atoms with Crippen molar-refractivity contribution < 1.29 is 27.8 Å². The van der Waals surface area contributed by atoms with Gasteiger partial charge in [0.15, 0.2) is 0 Å². The molecule has 1 fully saturated rings. The normalized spacial score (nSPS) is 17.4. The number of nitrogens with zero attached hydrogens (tertiary/aromatic N) is 5. The number of halogens is 2. The third-order valence-electron chi connectivity index (χ3n) is 7.19. The molecule has 0 radical (unpaired) electrons. The van der Waals surface area contributed by atoms with Gasteiger partial charge < -0.3 is 29.0 Å². The predicted octanol–water partition coefficient (Wildman–Crippen LogP) is 4.08. The van der Waals surface area contributed by atoms with Crippen LogP contribution in [0.1, 0.15) is 22.8 Å². The van der Waals surface area contributed by atoms with Gasteiger partial charge in [-0.15, -0.1) is 0 Å². The Labute approximate surface area is 239 Å². The fraction of sp³-hybridized carbons (Fsp3) is 0.267. The van der Waals surface area contributed by atoms with Crippen molar-refractivity contribution in [3.63, 3.8) is 0 Å². The van der Waals surface area contributed by atoms with Crippen LogP contribution in [0.5, 0.6) is 5.75 Å². The summed E-state index contributed by atoms with van der Waals surface area (Å²) in [6, 6.07) is 11.5. The second-order valence-electron chi connectivity index (χ2n) is 10.2. The maximum absolute atomic E-state index is 14.4. The van der Waals surface area contributed by atoms with Gasteiger partial charge in [-0.25, -0.2) is 23.7 Å². The van der Waals surface area contributed by atoms with E-state index in [0.29, 0.717) is 48.2 Å². The van der Waals surface area contributed by atoms with Crippen LogP contribution in [0.4, 0.5) is 8.78 Å². The number of fused-ring (bicyclic) bond motifs is 1. The summed E-state index contributed by atoms with van der Waals surface area (Å²) in [5.74, 6) is -0.623. The number of hydrogen-bond acceptors (Lipinski definition) is 8. The van der Waals surface area contributed by atoms with E-state index in [1.54, 1.807) is 12.4 Å². The molecule has 0 saturated carbocycles. The number of ether oxygens (including phenoxy) is 1. The monoisotopic (exact) mass is 574 g/mol. The first-order valence-corrected chi connectivity index (χ1v) is 13.5. The summed E-state index contributed by atoms with van der Waals surface area (Å²) in [7, 11) is 1.94. The molecule has 10 nitrogen and oxygen atoms in total. The highest BCUT2D eigenvalue weighted by Crippen LogP contribution is 2.37. The number of nitrogens with one attached hydrogen (secondary N) is 1. The first-order chi connectivity index (χ1) is 20.4. The van der Waals surface area contributed by atoms with E-state index < -0.39 is 17.5 Å². The fourth-order valence-electron chi connectivity index (χ4n) is 5.47. The van der Waals surface area contributed by atoms with E-state index in [0.717, 1.165) is 29.3 Å². The molecule has 42 heavy (non-hydrogen) atoms. The topological polar surface area (TPSA) is 119 Å². The average Bonchev–Trinajstić information content (AvgIpc) is 3.65. The number of amides is 1. The van der Waals surface area contributed by atoms with Crippen molar-refractivity contribution in [2.45, 2.75) is 18.5 Å². The number of hydrogen-bond donors (Lipinski definition) is 2. The predicted molar refractivity (Wildman–Crippen MR) is 150 cm³/mol. The smallest absolute Gasteiger partial charge is 0.254 e. The summed E-state index contributed by atoms with van der Waals surface area (Å²) in [5.41, 5.74) is 2.31. The molecule has 1 amide bonds. The zero-order valence-corrected chi connectivity index (χ0v) is 22.7. The number of piperidine rings is 1. The Morgan fingerprint density at radius 2 is 2.02 bits per heavy atom. The zero-order chi connectivity index (χ0) is 29.2.